The Morgan fingerprint density at radius 1 is 1.26 bits per heavy atom. The zero-order valence-corrected chi connectivity index (χ0v) is 21.7. The Hall–Kier alpha value is -3.86. The van der Waals surface area contributed by atoms with E-state index in [9.17, 15) is 19.4 Å². The van der Waals surface area contributed by atoms with E-state index in [1.807, 2.05) is 35.6 Å². The number of nitrogens with one attached hydrogen (secondary N) is 2. The van der Waals surface area contributed by atoms with E-state index in [1.165, 1.54) is 12.1 Å². The van der Waals surface area contributed by atoms with Gasteiger partial charge in [0.05, 0.1) is 34.9 Å². The molecule has 1 saturated heterocycles. The summed E-state index contributed by atoms with van der Waals surface area (Å²) in [5.41, 5.74) is 5.98. The fourth-order valence-electron chi connectivity index (χ4n) is 5.68. The molecule has 4 aromatic rings. The van der Waals surface area contributed by atoms with Crippen LogP contribution in [0.4, 0.5) is 15.9 Å². The molecule has 0 saturated carbocycles. The summed E-state index contributed by atoms with van der Waals surface area (Å²) in [5, 5.41) is 26.2. The van der Waals surface area contributed by atoms with E-state index in [-0.39, 0.29) is 30.4 Å². The third-order valence-corrected chi connectivity index (χ3v) is 7.76. The molecular formula is C29H31FN6O3. The van der Waals surface area contributed by atoms with Crippen molar-refractivity contribution < 1.29 is 19.4 Å². The van der Waals surface area contributed by atoms with E-state index in [0.29, 0.717) is 42.4 Å². The Bertz CT molecular complexity index is 1550. The first kappa shape index (κ1) is 25.4. The molecule has 5 heterocycles. The van der Waals surface area contributed by atoms with Gasteiger partial charge < -0.3 is 20.8 Å². The number of β-amino-alcohol motifs (C(OH)–C–C–N with tert-alkyl or cyclic N) is 1. The highest BCUT2D eigenvalue weighted by Crippen LogP contribution is 2.36. The second kappa shape index (κ2) is 10.4. The fraction of sp³-hybridized carbons (Fsp3) is 0.345. The van der Waals surface area contributed by atoms with Crippen molar-refractivity contribution in [2.75, 3.05) is 25.0 Å². The zero-order chi connectivity index (χ0) is 27.1. The Morgan fingerprint density at radius 3 is 2.90 bits per heavy atom. The number of amides is 1. The first-order valence-corrected chi connectivity index (χ1v) is 13.3. The second-order valence-corrected chi connectivity index (χ2v) is 10.2. The van der Waals surface area contributed by atoms with Crippen LogP contribution in [0.1, 0.15) is 52.9 Å². The molecule has 2 aliphatic rings. The molecule has 0 unspecified atom stereocenters. The van der Waals surface area contributed by atoms with E-state index < -0.39 is 0 Å². The summed E-state index contributed by atoms with van der Waals surface area (Å²) >= 11 is 0. The number of anilines is 2. The number of rotatable bonds is 8. The Kier molecular flexibility index (Phi) is 6.76. The number of likely N-dealkylation sites (tertiary alicyclic amines) is 1. The number of aliphatic hydroxyl groups is 2. The van der Waals surface area contributed by atoms with Crippen molar-refractivity contribution in [3.8, 4) is 11.3 Å². The van der Waals surface area contributed by atoms with Crippen molar-refractivity contribution in [1.82, 2.24) is 24.6 Å². The molecule has 6 rings (SSSR count). The molecule has 1 aromatic carbocycles. The van der Waals surface area contributed by atoms with Gasteiger partial charge in [-0.2, -0.15) is 0 Å². The average molecular weight is 531 g/mol. The number of fused-ring (bicyclic) bond motifs is 2. The van der Waals surface area contributed by atoms with Crippen molar-refractivity contribution in [3.05, 3.63) is 77.0 Å². The molecule has 0 spiro atoms. The lowest BCUT2D eigenvalue weighted by Crippen LogP contribution is -2.24. The predicted molar refractivity (Wildman–Crippen MR) is 145 cm³/mol. The van der Waals surface area contributed by atoms with Gasteiger partial charge in [0.25, 0.3) is 5.91 Å². The maximum atomic E-state index is 13.7. The number of hydrogen-bond donors (Lipinski definition) is 4. The van der Waals surface area contributed by atoms with Crippen LogP contribution in [0, 0.1) is 5.82 Å². The molecule has 202 valence electrons. The highest BCUT2D eigenvalue weighted by atomic mass is 19.1. The lowest BCUT2D eigenvalue weighted by atomic mass is 9.95. The normalized spacial score (nSPS) is 17.9. The number of aliphatic hydroxyl groups excluding tert-OH is 2. The lowest BCUT2D eigenvalue weighted by Gasteiger charge is -2.22. The maximum absolute atomic E-state index is 13.7. The number of pyridine rings is 2. The number of carbonyl (C=O) groups is 1. The van der Waals surface area contributed by atoms with Crippen molar-refractivity contribution in [1.29, 1.82) is 0 Å². The third kappa shape index (κ3) is 4.75. The first-order chi connectivity index (χ1) is 18.9. The van der Waals surface area contributed by atoms with Gasteiger partial charge in [-0.25, -0.2) is 14.4 Å². The van der Waals surface area contributed by atoms with E-state index in [2.05, 4.69) is 20.5 Å². The van der Waals surface area contributed by atoms with Gasteiger partial charge in [0.15, 0.2) is 0 Å². The van der Waals surface area contributed by atoms with Crippen LogP contribution in [0.25, 0.3) is 16.9 Å². The van der Waals surface area contributed by atoms with Crippen LogP contribution in [-0.2, 0) is 13.1 Å². The molecule has 0 bridgehead atoms. The number of carbonyl (C=O) groups excluding carboxylic acids is 1. The van der Waals surface area contributed by atoms with Crippen molar-refractivity contribution in [2.24, 2.45) is 0 Å². The van der Waals surface area contributed by atoms with E-state index in [4.69, 9.17) is 4.98 Å². The molecule has 4 N–H and O–H groups in total. The summed E-state index contributed by atoms with van der Waals surface area (Å²) in [5.74, 6) is 0.0382. The van der Waals surface area contributed by atoms with Crippen LogP contribution in [0.5, 0.6) is 0 Å². The molecule has 3 aromatic heterocycles. The van der Waals surface area contributed by atoms with Gasteiger partial charge in [-0.3, -0.25) is 14.1 Å². The van der Waals surface area contributed by atoms with E-state index in [0.717, 1.165) is 47.5 Å². The van der Waals surface area contributed by atoms with E-state index >= 15 is 0 Å². The maximum Gasteiger partial charge on any atom is 0.254 e. The lowest BCUT2D eigenvalue weighted by molar-refractivity contribution is 0.0966. The molecule has 1 amide bonds. The van der Waals surface area contributed by atoms with Crippen LogP contribution in [0.2, 0.25) is 0 Å². The average Bonchev–Trinajstić information content (AvgIpc) is 3.65. The van der Waals surface area contributed by atoms with Crippen LogP contribution in [0.3, 0.4) is 0 Å². The number of nitrogens with zero attached hydrogens (tertiary/aromatic N) is 4. The Labute approximate surface area is 225 Å². The van der Waals surface area contributed by atoms with E-state index in [1.54, 1.807) is 12.4 Å². The van der Waals surface area contributed by atoms with Gasteiger partial charge in [-0.1, -0.05) is 19.1 Å². The molecule has 1 fully saturated rings. The molecule has 0 radical (unpaired) electrons. The van der Waals surface area contributed by atoms with Gasteiger partial charge in [0.2, 0.25) is 0 Å². The van der Waals surface area contributed by atoms with Gasteiger partial charge in [0, 0.05) is 56.5 Å². The van der Waals surface area contributed by atoms with Crippen molar-refractivity contribution in [2.45, 2.75) is 44.9 Å². The van der Waals surface area contributed by atoms with Crippen LogP contribution < -0.4 is 10.6 Å². The first-order valence-electron chi connectivity index (χ1n) is 13.3. The monoisotopic (exact) mass is 530 g/mol. The fourth-order valence-corrected chi connectivity index (χ4v) is 5.68. The molecule has 2 aliphatic heterocycles. The molecule has 2 atom stereocenters. The number of aromatic nitrogens is 3. The quantitative estimate of drug-likeness (QED) is 0.275. The molecular weight excluding hydrogens is 499 g/mol. The number of imidazole rings is 1. The summed E-state index contributed by atoms with van der Waals surface area (Å²) in [6, 6.07) is 10.4. The van der Waals surface area contributed by atoms with Crippen LogP contribution in [-0.4, -0.2) is 61.2 Å². The summed E-state index contributed by atoms with van der Waals surface area (Å²) in [4.78, 5) is 24.4. The highest BCUT2D eigenvalue weighted by molar-refractivity contribution is 6.06. The van der Waals surface area contributed by atoms with Gasteiger partial charge >= 0.3 is 0 Å². The van der Waals surface area contributed by atoms with Gasteiger partial charge in [-0.15, -0.1) is 0 Å². The zero-order valence-electron chi connectivity index (χ0n) is 21.7. The van der Waals surface area contributed by atoms with Crippen LogP contribution in [0.15, 0.2) is 48.8 Å². The largest absolute Gasteiger partial charge is 0.396 e. The highest BCUT2D eigenvalue weighted by Gasteiger charge is 2.28. The Balaban J connectivity index is 1.36. The molecule has 0 aliphatic carbocycles. The Morgan fingerprint density at radius 2 is 2.13 bits per heavy atom. The molecule has 39 heavy (non-hydrogen) atoms. The van der Waals surface area contributed by atoms with Crippen molar-refractivity contribution >= 4 is 23.1 Å². The minimum Gasteiger partial charge on any atom is -0.396 e. The summed E-state index contributed by atoms with van der Waals surface area (Å²) in [6.45, 7) is 4.41. The minimum atomic E-state index is -0.357. The standard InChI is InChI=1S/C29H31FN6O3/c1-2-17(16-37)20-4-6-26(34-24(20)15-35-9-8-19(38)14-35)33-23-5-3-21(22-12-32-29(39)28(22)23)25-13-31-27-11-18(30)7-10-36(25)27/h3-7,10-11,13,17,19,37-38H,2,8-9,12,14-16H2,1H3,(H,32,39)(H,33,34)/t17-,19-/m0/s1. The topological polar surface area (TPSA) is 115 Å². The number of halogens is 1. The minimum absolute atomic E-state index is 0.0256. The number of hydrogen-bond acceptors (Lipinski definition) is 7. The molecule has 10 heteroatoms. The third-order valence-electron chi connectivity index (χ3n) is 7.76. The summed E-state index contributed by atoms with van der Waals surface area (Å²) in [6.07, 6.45) is 4.51. The second-order valence-electron chi connectivity index (χ2n) is 10.2. The summed E-state index contributed by atoms with van der Waals surface area (Å²) in [7, 11) is 0. The number of benzene rings is 1. The smallest absolute Gasteiger partial charge is 0.254 e. The molecule has 9 nitrogen and oxygen atoms in total. The van der Waals surface area contributed by atoms with Crippen LogP contribution >= 0.6 is 0 Å². The summed E-state index contributed by atoms with van der Waals surface area (Å²) < 4.78 is 15.5. The predicted octanol–water partition coefficient (Wildman–Crippen LogP) is 3.57. The SMILES string of the molecule is CC[C@@H](CO)c1ccc(Nc2ccc(-c3cnc4cc(F)ccn34)c3c2C(=O)NC3)nc1CN1CC[C@H](O)C1. The van der Waals surface area contributed by atoms with Gasteiger partial charge in [-0.05, 0) is 42.2 Å². The van der Waals surface area contributed by atoms with Gasteiger partial charge in [0.1, 0.15) is 17.3 Å². The van der Waals surface area contributed by atoms with Crippen molar-refractivity contribution in [3.63, 3.8) is 0 Å².